The van der Waals surface area contributed by atoms with E-state index in [9.17, 15) is 4.79 Å². The van der Waals surface area contributed by atoms with Crippen molar-refractivity contribution < 1.29 is 4.79 Å². The van der Waals surface area contributed by atoms with Gasteiger partial charge in [0.25, 0.3) is 0 Å². The zero-order valence-electron chi connectivity index (χ0n) is 26.4. The molecule has 0 aliphatic carbocycles. The zero-order valence-corrected chi connectivity index (χ0v) is 29.2. The number of allylic oxidation sites excluding steroid dienone is 2. The van der Waals surface area contributed by atoms with Gasteiger partial charge in [0.15, 0.2) is 0 Å². The molecule has 2 heteroatoms. The van der Waals surface area contributed by atoms with E-state index in [1.165, 1.54) is 20.3 Å². The van der Waals surface area contributed by atoms with Crippen LogP contribution in [-0.2, 0) is 21.0 Å². The molecule has 0 N–H and O–H groups in total. The Labute approximate surface area is 249 Å². The first-order chi connectivity index (χ1) is 18.8. The van der Waals surface area contributed by atoms with E-state index >= 15 is 0 Å². The third-order valence-electron chi connectivity index (χ3n) is 8.86. The van der Waals surface area contributed by atoms with Gasteiger partial charge >= 0.3 is 251 Å². The standard InChI is InChI=1S/3C10H13.C8H13O.Sn/c3*1-10(2,3)9-7-5-4-6-8-9;1-3-4-5-6-7-8(2)9;/h3*4-8H,1H2,2-3H3;6H,3-5H2,1-2H3;. The molecule has 0 heterocycles. The van der Waals surface area contributed by atoms with Crippen LogP contribution in [0.1, 0.15) is 91.3 Å². The number of hydrogen-bond donors (Lipinski definition) is 0. The topological polar surface area (TPSA) is 17.1 Å². The SMILES string of the molecule is CCCC/C=[C](/C(C)=O)[Sn]([CH2]C(C)(C)c1ccccc1)([CH2]C(C)(C)c1ccccc1)[CH2]C(C)(C)c1ccccc1. The van der Waals surface area contributed by atoms with Gasteiger partial charge in [-0.3, -0.25) is 0 Å². The molecule has 40 heavy (non-hydrogen) atoms. The molecule has 0 aromatic heterocycles. The zero-order chi connectivity index (χ0) is 29.4. The van der Waals surface area contributed by atoms with Crippen LogP contribution >= 0.6 is 0 Å². The number of Topliss-reactive ketones (excluding diaryl/α,β-unsaturated/α-hetero) is 1. The second kappa shape index (κ2) is 13.7. The number of hydrogen-bond acceptors (Lipinski definition) is 1. The molecule has 1 nitrogen and oxygen atoms in total. The minimum atomic E-state index is -3.58. The molecule has 0 amide bonds. The first kappa shape index (κ1) is 32.4. The Bertz CT molecular complexity index is 1110. The number of carbonyl (C=O) groups excluding carboxylic acids is 1. The first-order valence-electron chi connectivity index (χ1n) is 15.2. The van der Waals surface area contributed by atoms with Crippen LogP contribution in [0.4, 0.5) is 0 Å². The van der Waals surface area contributed by atoms with Gasteiger partial charge in [0, 0.05) is 0 Å². The van der Waals surface area contributed by atoms with Gasteiger partial charge in [-0.05, 0) is 0 Å². The van der Waals surface area contributed by atoms with Crippen LogP contribution < -0.4 is 0 Å². The summed E-state index contributed by atoms with van der Waals surface area (Å²) in [4.78, 5) is 13.8. The Balaban J connectivity index is 2.29. The van der Waals surface area contributed by atoms with E-state index in [4.69, 9.17) is 0 Å². The molecule has 0 fully saturated rings. The summed E-state index contributed by atoms with van der Waals surface area (Å²) in [7, 11) is 0. The van der Waals surface area contributed by atoms with E-state index in [1.807, 2.05) is 6.92 Å². The Morgan fingerprint density at radius 2 is 0.950 bits per heavy atom. The summed E-state index contributed by atoms with van der Waals surface area (Å²) >= 11 is -3.58. The van der Waals surface area contributed by atoms with Crippen LogP contribution in [0.25, 0.3) is 0 Å². The van der Waals surface area contributed by atoms with Crippen LogP contribution in [-0.4, -0.2) is 24.2 Å². The molecular weight excluding hydrogens is 591 g/mol. The van der Waals surface area contributed by atoms with Crippen molar-refractivity contribution in [2.24, 2.45) is 0 Å². The third kappa shape index (κ3) is 8.21. The van der Waals surface area contributed by atoms with Gasteiger partial charge in [-0.15, -0.1) is 0 Å². The van der Waals surface area contributed by atoms with Crippen molar-refractivity contribution in [2.75, 3.05) is 0 Å². The molecule has 0 spiro atoms. The van der Waals surface area contributed by atoms with Gasteiger partial charge in [0.2, 0.25) is 0 Å². The molecule has 0 bridgehead atoms. The Morgan fingerprint density at radius 3 is 1.23 bits per heavy atom. The fraction of sp³-hybridized carbons (Fsp3) is 0.447. The molecule has 0 aliphatic heterocycles. The first-order valence-corrected chi connectivity index (χ1v) is 22.7. The molecule has 3 aromatic carbocycles. The van der Waals surface area contributed by atoms with Crippen LogP contribution in [0, 0.1) is 0 Å². The van der Waals surface area contributed by atoms with Gasteiger partial charge < -0.3 is 0 Å². The second-order valence-corrected chi connectivity index (χ2v) is 25.7. The van der Waals surface area contributed by atoms with Crippen LogP contribution in [0.2, 0.25) is 13.3 Å². The van der Waals surface area contributed by atoms with E-state index in [0.29, 0.717) is 5.78 Å². The normalized spacial score (nSPS) is 13.3. The monoisotopic (exact) mass is 644 g/mol. The summed E-state index contributed by atoms with van der Waals surface area (Å²) < 4.78 is 4.56. The van der Waals surface area contributed by atoms with Crippen molar-refractivity contribution in [3.63, 3.8) is 0 Å². The molecule has 3 rings (SSSR count). The predicted octanol–water partition coefficient (Wildman–Crippen LogP) is 10.6. The van der Waals surface area contributed by atoms with E-state index in [0.717, 1.165) is 32.6 Å². The molecule has 0 saturated heterocycles. The molecular formula is C38H52OSn. The molecule has 0 atom stereocenters. The van der Waals surface area contributed by atoms with E-state index in [2.05, 4.69) is 146 Å². The van der Waals surface area contributed by atoms with Crippen LogP contribution in [0.5, 0.6) is 0 Å². The van der Waals surface area contributed by atoms with E-state index in [-0.39, 0.29) is 16.2 Å². The number of unbranched alkanes of at least 4 members (excludes halogenated alkanes) is 2. The summed E-state index contributed by atoms with van der Waals surface area (Å²) in [5.41, 5.74) is 4.04. The minimum absolute atomic E-state index is 0.0316. The van der Waals surface area contributed by atoms with Crippen molar-refractivity contribution in [1.82, 2.24) is 0 Å². The van der Waals surface area contributed by atoms with Crippen LogP contribution in [0.15, 0.2) is 101 Å². The van der Waals surface area contributed by atoms with Gasteiger partial charge in [-0.2, -0.15) is 0 Å². The number of rotatable bonds is 14. The Morgan fingerprint density at radius 1 is 0.625 bits per heavy atom. The van der Waals surface area contributed by atoms with Gasteiger partial charge in [-0.1, -0.05) is 0 Å². The van der Waals surface area contributed by atoms with E-state index < -0.39 is 18.4 Å². The molecule has 3 aromatic rings. The molecule has 0 saturated carbocycles. The van der Waals surface area contributed by atoms with Crippen molar-refractivity contribution in [2.45, 2.75) is 104 Å². The predicted molar refractivity (Wildman–Crippen MR) is 177 cm³/mol. The van der Waals surface area contributed by atoms with Gasteiger partial charge in [0.1, 0.15) is 0 Å². The Kier molecular flexibility index (Phi) is 11.1. The molecule has 214 valence electrons. The molecule has 0 unspecified atom stereocenters. The van der Waals surface area contributed by atoms with Gasteiger partial charge in [0.05, 0.1) is 0 Å². The Hall–Kier alpha value is -2.13. The maximum atomic E-state index is 13.8. The second-order valence-electron chi connectivity index (χ2n) is 13.9. The summed E-state index contributed by atoms with van der Waals surface area (Å²) in [6.07, 6.45) is 5.67. The average Bonchev–Trinajstić information content (AvgIpc) is 2.91. The van der Waals surface area contributed by atoms with Crippen LogP contribution in [0.3, 0.4) is 0 Å². The fourth-order valence-corrected chi connectivity index (χ4v) is 29.9. The number of carbonyl (C=O) groups is 1. The quantitative estimate of drug-likeness (QED) is 0.0971. The van der Waals surface area contributed by atoms with Crippen molar-refractivity contribution in [3.8, 4) is 0 Å². The number of benzene rings is 3. The average molecular weight is 644 g/mol. The summed E-state index contributed by atoms with van der Waals surface area (Å²) in [6, 6.07) is 33.0. The molecule has 0 radical (unpaired) electrons. The summed E-state index contributed by atoms with van der Waals surface area (Å²) in [5, 5.41) is 0. The number of ketones is 1. The summed E-state index contributed by atoms with van der Waals surface area (Å²) in [5.74, 6) is 0.309. The third-order valence-corrected chi connectivity index (χ3v) is 27.1. The summed E-state index contributed by atoms with van der Waals surface area (Å²) in [6.45, 7) is 18.6. The molecule has 0 aliphatic rings. The van der Waals surface area contributed by atoms with Crippen molar-refractivity contribution >= 4 is 24.2 Å². The van der Waals surface area contributed by atoms with Crippen molar-refractivity contribution in [1.29, 1.82) is 0 Å². The fourth-order valence-electron chi connectivity index (χ4n) is 7.17. The maximum absolute atomic E-state index is 13.8. The van der Waals surface area contributed by atoms with Crippen molar-refractivity contribution in [3.05, 3.63) is 117 Å². The van der Waals surface area contributed by atoms with Gasteiger partial charge in [-0.25, -0.2) is 0 Å². The van der Waals surface area contributed by atoms with E-state index in [1.54, 1.807) is 0 Å².